The van der Waals surface area contributed by atoms with Crippen LogP contribution in [0.25, 0.3) is 0 Å². The average molecular weight is 172 g/mol. The van der Waals surface area contributed by atoms with Crippen LogP contribution in [0.4, 0.5) is 0 Å². The molecule has 0 spiro atoms. The molecular formula is C9H16O3. The van der Waals surface area contributed by atoms with Crippen LogP contribution in [0, 0.1) is 5.92 Å². The van der Waals surface area contributed by atoms with Gasteiger partial charge < -0.3 is 5.11 Å². The van der Waals surface area contributed by atoms with E-state index < -0.39 is 11.9 Å². The molecule has 3 nitrogen and oxygen atoms in total. The summed E-state index contributed by atoms with van der Waals surface area (Å²) in [6.45, 7) is 3.57. The molecule has 0 aromatic rings. The van der Waals surface area contributed by atoms with Gasteiger partial charge in [-0.05, 0) is 12.8 Å². The first-order chi connectivity index (χ1) is 5.57. The van der Waals surface area contributed by atoms with Crippen molar-refractivity contribution in [3.8, 4) is 0 Å². The molecule has 0 aromatic carbocycles. The molecule has 0 unspecified atom stereocenters. The van der Waals surface area contributed by atoms with E-state index in [0.717, 1.165) is 6.42 Å². The highest BCUT2D eigenvalue weighted by Crippen LogP contribution is 2.07. The highest BCUT2D eigenvalue weighted by Gasteiger charge is 2.12. The minimum absolute atomic E-state index is 0.172. The second kappa shape index (κ2) is 5.75. The van der Waals surface area contributed by atoms with Crippen LogP contribution in [0.1, 0.15) is 39.5 Å². The smallest absolute Gasteiger partial charge is 0.306 e. The molecule has 0 radical (unpaired) electrons. The Bertz CT molecular complexity index is 163. The third-order valence-electron chi connectivity index (χ3n) is 1.81. The first-order valence-corrected chi connectivity index (χ1v) is 4.32. The van der Waals surface area contributed by atoms with Crippen LogP contribution in [0.5, 0.6) is 0 Å². The number of hydrogen-bond acceptors (Lipinski definition) is 2. The molecule has 3 heteroatoms. The normalized spacial score (nSPS) is 12.5. The van der Waals surface area contributed by atoms with Crippen LogP contribution < -0.4 is 0 Å². The zero-order chi connectivity index (χ0) is 9.56. The third kappa shape index (κ3) is 4.88. The van der Waals surface area contributed by atoms with Crippen molar-refractivity contribution in [2.24, 2.45) is 5.92 Å². The number of carboxylic acid groups (broad SMARTS) is 1. The molecule has 0 aromatic heterocycles. The molecule has 0 saturated carbocycles. The lowest BCUT2D eigenvalue weighted by molar-refractivity contribution is -0.141. The van der Waals surface area contributed by atoms with E-state index in [1.54, 1.807) is 6.92 Å². The summed E-state index contributed by atoms with van der Waals surface area (Å²) in [5.41, 5.74) is 0. The van der Waals surface area contributed by atoms with E-state index in [0.29, 0.717) is 19.3 Å². The molecule has 1 N–H and O–H groups in total. The SMILES string of the molecule is CCCC(=O)CC[C@H](C)C(=O)O. The topological polar surface area (TPSA) is 54.4 Å². The van der Waals surface area contributed by atoms with Gasteiger partial charge in [0.15, 0.2) is 0 Å². The Balaban J connectivity index is 3.54. The molecule has 0 rings (SSSR count). The van der Waals surface area contributed by atoms with Gasteiger partial charge in [-0.25, -0.2) is 0 Å². The largest absolute Gasteiger partial charge is 0.481 e. The van der Waals surface area contributed by atoms with Gasteiger partial charge in [-0.3, -0.25) is 9.59 Å². The van der Waals surface area contributed by atoms with Crippen molar-refractivity contribution >= 4 is 11.8 Å². The average Bonchev–Trinajstić information content (AvgIpc) is 2.00. The Morgan fingerprint density at radius 2 is 1.92 bits per heavy atom. The molecule has 0 aliphatic carbocycles. The zero-order valence-electron chi connectivity index (χ0n) is 7.67. The van der Waals surface area contributed by atoms with Gasteiger partial charge in [0.25, 0.3) is 0 Å². The summed E-state index contributed by atoms with van der Waals surface area (Å²) in [4.78, 5) is 21.3. The summed E-state index contributed by atoms with van der Waals surface area (Å²) < 4.78 is 0. The number of Topliss-reactive ketones (excluding diaryl/α,β-unsaturated/α-hetero) is 1. The summed E-state index contributed by atoms with van der Waals surface area (Å²) in [6, 6.07) is 0. The Morgan fingerprint density at radius 1 is 1.33 bits per heavy atom. The fourth-order valence-corrected chi connectivity index (χ4v) is 0.905. The van der Waals surface area contributed by atoms with Gasteiger partial charge in [0, 0.05) is 12.8 Å². The summed E-state index contributed by atoms with van der Waals surface area (Å²) in [6.07, 6.45) is 2.29. The van der Waals surface area contributed by atoms with E-state index in [9.17, 15) is 9.59 Å². The molecule has 0 aliphatic rings. The molecule has 0 fully saturated rings. The van der Waals surface area contributed by atoms with Gasteiger partial charge in [0.2, 0.25) is 0 Å². The van der Waals surface area contributed by atoms with Gasteiger partial charge in [-0.2, -0.15) is 0 Å². The fourth-order valence-electron chi connectivity index (χ4n) is 0.905. The molecule has 0 saturated heterocycles. The second-order valence-corrected chi connectivity index (χ2v) is 3.07. The summed E-state index contributed by atoms with van der Waals surface area (Å²) in [5, 5.41) is 8.51. The molecule has 0 bridgehead atoms. The van der Waals surface area contributed by atoms with Gasteiger partial charge in [-0.15, -0.1) is 0 Å². The first-order valence-electron chi connectivity index (χ1n) is 4.32. The van der Waals surface area contributed by atoms with Gasteiger partial charge >= 0.3 is 5.97 Å². The van der Waals surface area contributed by atoms with Crippen molar-refractivity contribution in [2.45, 2.75) is 39.5 Å². The van der Waals surface area contributed by atoms with E-state index in [4.69, 9.17) is 5.11 Å². The summed E-state index contributed by atoms with van der Waals surface area (Å²) in [5.74, 6) is -1.05. The van der Waals surface area contributed by atoms with Crippen LogP contribution in [-0.2, 0) is 9.59 Å². The number of carbonyl (C=O) groups excluding carboxylic acids is 1. The van der Waals surface area contributed by atoms with Gasteiger partial charge in [0.1, 0.15) is 5.78 Å². The Morgan fingerprint density at radius 3 is 2.33 bits per heavy atom. The highest BCUT2D eigenvalue weighted by atomic mass is 16.4. The van der Waals surface area contributed by atoms with Crippen molar-refractivity contribution in [2.75, 3.05) is 0 Å². The summed E-state index contributed by atoms with van der Waals surface area (Å²) in [7, 11) is 0. The Kier molecular flexibility index (Phi) is 5.34. The lowest BCUT2D eigenvalue weighted by Crippen LogP contribution is -2.11. The van der Waals surface area contributed by atoms with E-state index >= 15 is 0 Å². The number of aliphatic carboxylic acids is 1. The Hall–Kier alpha value is -0.860. The maximum Gasteiger partial charge on any atom is 0.306 e. The molecule has 0 amide bonds. The monoisotopic (exact) mass is 172 g/mol. The number of carboxylic acids is 1. The van der Waals surface area contributed by atoms with Gasteiger partial charge in [0.05, 0.1) is 5.92 Å². The van der Waals surface area contributed by atoms with Crippen LogP contribution in [0.3, 0.4) is 0 Å². The van der Waals surface area contributed by atoms with Gasteiger partial charge in [-0.1, -0.05) is 13.8 Å². The van der Waals surface area contributed by atoms with E-state index in [1.807, 2.05) is 6.92 Å². The lowest BCUT2D eigenvalue weighted by Gasteiger charge is -2.03. The Labute approximate surface area is 72.8 Å². The van der Waals surface area contributed by atoms with Crippen LogP contribution in [0.2, 0.25) is 0 Å². The molecule has 12 heavy (non-hydrogen) atoms. The van der Waals surface area contributed by atoms with Crippen molar-refractivity contribution in [1.82, 2.24) is 0 Å². The third-order valence-corrected chi connectivity index (χ3v) is 1.81. The van der Waals surface area contributed by atoms with Crippen molar-refractivity contribution in [1.29, 1.82) is 0 Å². The minimum atomic E-state index is -0.820. The predicted molar refractivity (Wildman–Crippen MR) is 45.9 cm³/mol. The van der Waals surface area contributed by atoms with Crippen molar-refractivity contribution in [3.05, 3.63) is 0 Å². The van der Waals surface area contributed by atoms with Crippen LogP contribution >= 0.6 is 0 Å². The number of ketones is 1. The van der Waals surface area contributed by atoms with Crippen LogP contribution in [-0.4, -0.2) is 16.9 Å². The van der Waals surface area contributed by atoms with Crippen molar-refractivity contribution < 1.29 is 14.7 Å². The minimum Gasteiger partial charge on any atom is -0.481 e. The number of hydrogen-bond donors (Lipinski definition) is 1. The lowest BCUT2D eigenvalue weighted by atomic mass is 10.0. The second-order valence-electron chi connectivity index (χ2n) is 3.07. The standard InChI is InChI=1S/C9H16O3/c1-3-4-8(10)6-5-7(2)9(11)12/h7H,3-6H2,1-2H3,(H,11,12)/t7-/m0/s1. The molecule has 0 heterocycles. The fraction of sp³-hybridized carbons (Fsp3) is 0.778. The summed E-state index contributed by atoms with van der Waals surface area (Å²) >= 11 is 0. The first kappa shape index (κ1) is 11.1. The maximum atomic E-state index is 11.0. The quantitative estimate of drug-likeness (QED) is 0.665. The van der Waals surface area contributed by atoms with E-state index in [-0.39, 0.29) is 5.78 Å². The number of carbonyl (C=O) groups is 2. The molecular weight excluding hydrogens is 156 g/mol. The van der Waals surface area contributed by atoms with Crippen LogP contribution in [0.15, 0.2) is 0 Å². The van der Waals surface area contributed by atoms with E-state index in [1.165, 1.54) is 0 Å². The zero-order valence-corrected chi connectivity index (χ0v) is 7.67. The van der Waals surface area contributed by atoms with E-state index in [2.05, 4.69) is 0 Å². The molecule has 70 valence electrons. The maximum absolute atomic E-state index is 11.0. The highest BCUT2D eigenvalue weighted by molar-refractivity contribution is 5.79. The predicted octanol–water partition coefficient (Wildman–Crippen LogP) is 1.86. The molecule has 0 aliphatic heterocycles. The van der Waals surface area contributed by atoms with Crippen molar-refractivity contribution in [3.63, 3.8) is 0 Å². The number of rotatable bonds is 6. The molecule has 1 atom stereocenters.